The van der Waals surface area contributed by atoms with Gasteiger partial charge in [0.15, 0.2) is 0 Å². The maximum atomic E-state index is 14.5. The SMILES string of the molecule is CCC.CNC(C(=O)N1CCCC1)C(C)C.COC(=O)NCC(=O)N1CC(F)CC1c1ncc(-c2ccc(-c3ccc(-c4cnc[nH]4)cc3)c3c2C2CCC3C2)[nH]1.COC=O. The fraction of sp³-hybridized carbons (Fsp3) is 0.522. The fourth-order valence-corrected chi connectivity index (χ4v) is 8.91. The molecule has 5 unspecified atom stereocenters. The molecule has 4 N–H and O–H groups in total. The minimum atomic E-state index is -1.16. The molecular formula is C46H63FN8O6. The number of methoxy groups -OCH3 is 2. The summed E-state index contributed by atoms with van der Waals surface area (Å²) in [7, 11) is 4.40. The summed E-state index contributed by atoms with van der Waals surface area (Å²) >= 11 is 0. The third kappa shape index (κ3) is 11.2. The third-order valence-electron chi connectivity index (χ3n) is 11.6. The number of fused-ring (bicyclic) bond motifs is 5. The van der Waals surface area contributed by atoms with Crippen molar-refractivity contribution < 1.29 is 33.0 Å². The van der Waals surface area contributed by atoms with E-state index in [1.54, 1.807) is 12.5 Å². The summed E-state index contributed by atoms with van der Waals surface area (Å²) < 4.78 is 22.9. The number of rotatable bonds is 10. The number of ether oxygens (including phenoxy) is 2. The highest BCUT2D eigenvalue weighted by Crippen LogP contribution is 2.58. The van der Waals surface area contributed by atoms with Crippen LogP contribution in [0.1, 0.15) is 107 Å². The van der Waals surface area contributed by atoms with Crippen LogP contribution in [0.25, 0.3) is 33.6 Å². The maximum Gasteiger partial charge on any atom is 0.407 e. The van der Waals surface area contributed by atoms with Gasteiger partial charge in [-0.05, 0) is 84.7 Å². The Kier molecular flexibility index (Phi) is 17.0. The van der Waals surface area contributed by atoms with Crippen LogP contribution in [0.4, 0.5) is 9.18 Å². The molecule has 15 heteroatoms. The Morgan fingerprint density at radius 1 is 0.934 bits per heavy atom. The van der Waals surface area contributed by atoms with Crippen LogP contribution in [0.2, 0.25) is 0 Å². The zero-order valence-corrected chi connectivity index (χ0v) is 36.6. The van der Waals surface area contributed by atoms with Crippen LogP contribution in [0, 0.1) is 5.92 Å². The van der Waals surface area contributed by atoms with E-state index in [0.717, 1.165) is 42.0 Å². The average molecular weight is 843 g/mol. The van der Waals surface area contributed by atoms with Crippen LogP contribution < -0.4 is 10.6 Å². The standard InChI is InChI=1S/C31H31FN6O3.C10H20N2O.C3H8.C2H4O2/c1-41-31(40)35-14-27(39)38-15-21(32)11-26(38)30-34-13-25(37-30)23-9-8-22(28-19-6-7-20(10-19)29(23)28)17-2-4-18(5-3-17)24-12-33-16-36-24;1-8(2)9(11-3)10(13)12-6-4-5-7-12;1-3-2;1-4-2-3/h2-5,8-9,12-13,16,19-21,26H,6-7,10-11,14-15H2,1H3,(H,33,36)(H,34,37)(H,35,40);8-9,11H,4-7H2,1-3H3;3H2,1-2H3;2H,1H3. The van der Waals surface area contributed by atoms with Crippen molar-refractivity contribution in [2.24, 2.45) is 5.92 Å². The van der Waals surface area contributed by atoms with E-state index in [4.69, 9.17) is 4.79 Å². The summed E-state index contributed by atoms with van der Waals surface area (Å²) in [5.41, 5.74) is 9.39. The molecule has 0 spiro atoms. The van der Waals surface area contributed by atoms with Gasteiger partial charge in [0, 0.05) is 25.1 Å². The van der Waals surface area contributed by atoms with E-state index in [9.17, 15) is 18.8 Å². The summed E-state index contributed by atoms with van der Waals surface area (Å²) in [5, 5.41) is 5.48. The second-order valence-corrected chi connectivity index (χ2v) is 16.2. The van der Waals surface area contributed by atoms with Crippen molar-refractivity contribution in [3.8, 4) is 33.6 Å². The first-order valence-corrected chi connectivity index (χ1v) is 21.5. The first-order chi connectivity index (χ1) is 29.5. The van der Waals surface area contributed by atoms with Crippen molar-refractivity contribution in [1.29, 1.82) is 0 Å². The lowest BCUT2D eigenvalue weighted by atomic mass is 9.82. The van der Waals surface area contributed by atoms with Crippen molar-refractivity contribution in [3.63, 3.8) is 0 Å². The second-order valence-electron chi connectivity index (χ2n) is 16.2. The van der Waals surface area contributed by atoms with Crippen molar-refractivity contribution in [2.75, 3.05) is 47.4 Å². The van der Waals surface area contributed by atoms with Crippen LogP contribution in [0.15, 0.2) is 55.1 Å². The monoisotopic (exact) mass is 842 g/mol. The molecule has 2 saturated heterocycles. The number of aromatic amines is 2. The number of imidazole rings is 2. The normalized spacial score (nSPS) is 20.0. The van der Waals surface area contributed by atoms with Gasteiger partial charge in [0.2, 0.25) is 11.8 Å². The Morgan fingerprint density at radius 2 is 1.56 bits per heavy atom. The molecular weight excluding hydrogens is 780 g/mol. The molecule has 14 nitrogen and oxygen atoms in total. The number of carbonyl (C=O) groups is 4. The summed E-state index contributed by atoms with van der Waals surface area (Å²) in [6.45, 7) is 10.4. The Bertz CT molecular complexity index is 2030. The summed E-state index contributed by atoms with van der Waals surface area (Å²) in [6, 6.07) is 12.5. The first kappa shape index (κ1) is 46.5. The minimum Gasteiger partial charge on any atom is -0.471 e. The molecule has 5 atom stereocenters. The number of amides is 3. The molecule has 2 aromatic carbocycles. The Hall–Kier alpha value is -5.57. The number of H-pyrrole nitrogens is 2. The van der Waals surface area contributed by atoms with Crippen molar-refractivity contribution in [3.05, 3.63) is 72.1 Å². The van der Waals surface area contributed by atoms with E-state index in [-0.39, 0.29) is 37.4 Å². The van der Waals surface area contributed by atoms with E-state index in [1.165, 1.54) is 73.5 Å². The fourth-order valence-electron chi connectivity index (χ4n) is 8.91. The predicted octanol–water partition coefficient (Wildman–Crippen LogP) is 7.52. The highest BCUT2D eigenvalue weighted by atomic mass is 19.1. The van der Waals surface area contributed by atoms with E-state index in [0.29, 0.717) is 30.1 Å². The number of benzene rings is 2. The van der Waals surface area contributed by atoms with Gasteiger partial charge in [-0.2, -0.15) is 0 Å². The van der Waals surface area contributed by atoms with E-state index in [2.05, 4.69) is 104 Å². The van der Waals surface area contributed by atoms with Gasteiger partial charge in [-0.1, -0.05) is 70.5 Å². The smallest absolute Gasteiger partial charge is 0.407 e. The van der Waals surface area contributed by atoms with Gasteiger partial charge in [-0.15, -0.1) is 0 Å². The maximum absolute atomic E-state index is 14.5. The van der Waals surface area contributed by atoms with Gasteiger partial charge in [-0.25, -0.2) is 19.2 Å². The van der Waals surface area contributed by atoms with E-state index >= 15 is 0 Å². The number of alkyl carbamates (subject to hydrolysis) is 1. The van der Waals surface area contributed by atoms with E-state index in [1.807, 2.05) is 18.1 Å². The molecule has 2 aliphatic heterocycles. The van der Waals surface area contributed by atoms with Crippen molar-refractivity contribution in [2.45, 2.75) is 103 Å². The van der Waals surface area contributed by atoms with Gasteiger partial charge < -0.3 is 39.9 Å². The largest absolute Gasteiger partial charge is 0.471 e. The number of halogens is 1. The van der Waals surface area contributed by atoms with Gasteiger partial charge in [-0.3, -0.25) is 14.4 Å². The molecule has 0 radical (unpaired) electrons. The number of carbonyl (C=O) groups excluding carboxylic acids is 4. The van der Waals surface area contributed by atoms with Crippen molar-refractivity contribution in [1.82, 2.24) is 40.4 Å². The Balaban J connectivity index is 0.000000293. The quantitative estimate of drug-likeness (QED) is 0.118. The zero-order chi connectivity index (χ0) is 44.1. The molecule has 4 aliphatic rings. The number of hydrogen-bond acceptors (Lipinski definition) is 9. The number of nitrogens with zero attached hydrogens (tertiary/aromatic N) is 4. The van der Waals surface area contributed by atoms with Gasteiger partial charge in [0.05, 0.1) is 63.0 Å². The molecule has 3 amide bonds. The number of hydrogen-bond donors (Lipinski definition) is 4. The van der Waals surface area contributed by atoms with Gasteiger partial charge in [0.25, 0.3) is 6.47 Å². The topological polar surface area (TPSA) is 175 Å². The molecule has 2 bridgehead atoms. The van der Waals surface area contributed by atoms with Crippen LogP contribution in [-0.4, -0.2) is 114 Å². The van der Waals surface area contributed by atoms with Gasteiger partial charge >= 0.3 is 6.09 Å². The zero-order valence-electron chi connectivity index (χ0n) is 36.6. The van der Waals surface area contributed by atoms with Crippen LogP contribution >= 0.6 is 0 Å². The first-order valence-electron chi connectivity index (χ1n) is 21.5. The molecule has 61 heavy (non-hydrogen) atoms. The Morgan fingerprint density at radius 3 is 2.13 bits per heavy atom. The number of nitrogens with one attached hydrogen (secondary N) is 4. The number of likely N-dealkylation sites (tertiary alicyclic amines) is 2. The highest BCUT2D eigenvalue weighted by Gasteiger charge is 2.42. The average Bonchev–Trinajstić information content (AvgIpc) is 4.14. The number of likely N-dealkylation sites (N-methyl/N-ethyl adjacent to an activating group) is 1. The van der Waals surface area contributed by atoms with E-state index < -0.39 is 18.3 Å². The minimum absolute atomic E-state index is 0.00176. The predicted molar refractivity (Wildman–Crippen MR) is 233 cm³/mol. The molecule has 330 valence electrons. The molecule has 4 aromatic rings. The number of alkyl halides is 1. The summed E-state index contributed by atoms with van der Waals surface area (Å²) in [4.78, 5) is 63.8. The lowest BCUT2D eigenvalue weighted by Gasteiger charge is -2.25. The van der Waals surface area contributed by atoms with Crippen molar-refractivity contribution >= 4 is 24.4 Å². The molecule has 2 aromatic heterocycles. The molecule has 2 aliphatic carbocycles. The summed E-state index contributed by atoms with van der Waals surface area (Å²) in [6.07, 6.45) is 10.7. The lowest BCUT2D eigenvalue weighted by Crippen LogP contribution is -2.47. The second kappa shape index (κ2) is 22.3. The third-order valence-corrected chi connectivity index (χ3v) is 11.6. The van der Waals surface area contributed by atoms with Gasteiger partial charge in [0.1, 0.15) is 18.5 Å². The highest BCUT2D eigenvalue weighted by molar-refractivity contribution is 5.84. The lowest BCUT2D eigenvalue weighted by molar-refractivity contribution is -0.133. The van der Waals surface area contributed by atoms with Crippen LogP contribution in [-0.2, 0) is 23.9 Å². The molecule has 4 heterocycles. The summed E-state index contributed by atoms with van der Waals surface area (Å²) in [5.74, 6) is 1.87. The molecule has 8 rings (SSSR count). The molecule has 1 saturated carbocycles. The van der Waals surface area contributed by atoms with Crippen LogP contribution in [0.3, 0.4) is 0 Å². The number of aromatic nitrogens is 4. The Labute approximate surface area is 358 Å². The van der Waals surface area contributed by atoms with Crippen LogP contribution in [0.5, 0.6) is 0 Å². The molecule has 3 fully saturated rings.